The molecule has 1 aromatic heterocycles. The van der Waals surface area contributed by atoms with Crippen molar-refractivity contribution in [2.75, 3.05) is 19.8 Å². The van der Waals surface area contributed by atoms with Crippen molar-refractivity contribution < 1.29 is 24.1 Å². The van der Waals surface area contributed by atoms with Crippen LogP contribution in [0.5, 0.6) is 17.4 Å². The molecular weight excluding hydrogens is 462 g/mol. The summed E-state index contributed by atoms with van der Waals surface area (Å²) in [5.74, 6) is 1.81. The molecule has 1 atom stereocenters. The molecule has 1 aliphatic carbocycles. The highest BCUT2D eigenvalue weighted by molar-refractivity contribution is 7.13. The number of nitrogens with zero attached hydrogens (tertiary/aromatic N) is 1. The molecule has 35 heavy (non-hydrogen) atoms. The van der Waals surface area contributed by atoms with Crippen LogP contribution >= 0.6 is 11.3 Å². The Bertz CT molecular complexity index is 1140. The second-order valence-corrected chi connectivity index (χ2v) is 9.60. The van der Waals surface area contributed by atoms with Gasteiger partial charge in [-0.1, -0.05) is 19.4 Å². The summed E-state index contributed by atoms with van der Waals surface area (Å²) < 4.78 is 17.6. The van der Waals surface area contributed by atoms with Crippen LogP contribution in [0.4, 0.5) is 0 Å². The van der Waals surface area contributed by atoms with Gasteiger partial charge in [-0.3, -0.25) is 4.79 Å². The maximum absolute atomic E-state index is 11.1. The maximum atomic E-state index is 11.1. The summed E-state index contributed by atoms with van der Waals surface area (Å²) in [5.41, 5.74) is 4.64. The van der Waals surface area contributed by atoms with Gasteiger partial charge in [0, 0.05) is 12.0 Å². The molecule has 0 radical (unpaired) electrons. The van der Waals surface area contributed by atoms with Gasteiger partial charge in [0.25, 0.3) is 0 Å². The Labute approximate surface area is 210 Å². The lowest BCUT2D eigenvalue weighted by Crippen LogP contribution is -2.07. The second kappa shape index (κ2) is 12.1. The van der Waals surface area contributed by atoms with Crippen LogP contribution in [0.25, 0.3) is 10.6 Å². The lowest BCUT2D eigenvalue weighted by molar-refractivity contribution is -0.137. The van der Waals surface area contributed by atoms with Crippen LogP contribution in [0.3, 0.4) is 0 Å². The monoisotopic (exact) mass is 495 g/mol. The number of rotatable bonds is 13. The number of hydrogen-bond acceptors (Lipinski definition) is 6. The zero-order valence-corrected chi connectivity index (χ0v) is 21.2. The van der Waals surface area contributed by atoms with E-state index in [0.29, 0.717) is 25.7 Å². The first-order valence-corrected chi connectivity index (χ1v) is 13.3. The predicted molar refractivity (Wildman–Crippen MR) is 138 cm³/mol. The minimum atomic E-state index is -0.737. The third-order valence-electron chi connectivity index (χ3n) is 6.15. The van der Waals surface area contributed by atoms with Gasteiger partial charge in [0.15, 0.2) is 0 Å². The van der Waals surface area contributed by atoms with E-state index in [0.717, 1.165) is 59.7 Å². The summed E-state index contributed by atoms with van der Waals surface area (Å²) in [7, 11) is 0. The van der Waals surface area contributed by atoms with Crippen molar-refractivity contribution in [2.45, 2.75) is 58.3 Å². The zero-order valence-electron chi connectivity index (χ0n) is 20.4. The van der Waals surface area contributed by atoms with Gasteiger partial charge in [0.2, 0.25) is 5.88 Å². The third-order valence-corrected chi connectivity index (χ3v) is 7.02. The van der Waals surface area contributed by atoms with E-state index in [4.69, 9.17) is 19.3 Å². The topological polar surface area (TPSA) is 77.9 Å². The Hall–Kier alpha value is -3.06. The first-order valence-electron chi connectivity index (χ1n) is 12.4. The van der Waals surface area contributed by atoms with Gasteiger partial charge in [-0.05, 0) is 79.1 Å². The smallest absolute Gasteiger partial charge is 0.303 e. The fourth-order valence-corrected chi connectivity index (χ4v) is 5.29. The molecule has 1 N–H and O–H groups in total. The van der Waals surface area contributed by atoms with Crippen molar-refractivity contribution in [1.82, 2.24) is 4.98 Å². The molecule has 2 aromatic carbocycles. The second-order valence-electron chi connectivity index (χ2n) is 8.74. The van der Waals surface area contributed by atoms with E-state index in [9.17, 15) is 4.79 Å². The molecule has 0 saturated carbocycles. The average Bonchev–Trinajstić information content (AvgIpc) is 3.47. The first-order chi connectivity index (χ1) is 17.1. The summed E-state index contributed by atoms with van der Waals surface area (Å²) >= 11 is 1.59. The van der Waals surface area contributed by atoms with Crippen LogP contribution in [-0.4, -0.2) is 35.9 Å². The van der Waals surface area contributed by atoms with Crippen LogP contribution < -0.4 is 14.2 Å². The minimum absolute atomic E-state index is 0.121. The maximum Gasteiger partial charge on any atom is 0.303 e. The van der Waals surface area contributed by atoms with Crippen molar-refractivity contribution >= 4 is 17.3 Å². The molecule has 0 amide bonds. The van der Waals surface area contributed by atoms with Crippen LogP contribution in [0, 0.1) is 0 Å². The average molecular weight is 496 g/mol. The third kappa shape index (κ3) is 6.54. The molecule has 7 heteroatoms. The van der Waals surface area contributed by atoms with Crippen molar-refractivity contribution in [2.24, 2.45) is 0 Å². The van der Waals surface area contributed by atoms with Crippen LogP contribution in [0.2, 0.25) is 0 Å². The van der Waals surface area contributed by atoms with E-state index in [1.165, 1.54) is 11.1 Å². The molecule has 3 aromatic rings. The molecule has 0 spiro atoms. The number of carboxylic acid groups (broad SMARTS) is 1. The van der Waals surface area contributed by atoms with Crippen LogP contribution in [0.1, 0.15) is 62.1 Å². The fourth-order valence-electron chi connectivity index (χ4n) is 4.55. The minimum Gasteiger partial charge on any atom is -0.493 e. The molecule has 0 saturated heterocycles. The summed E-state index contributed by atoms with van der Waals surface area (Å²) in [6.45, 7) is 5.88. The van der Waals surface area contributed by atoms with Crippen LogP contribution in [-0.2, 0) is 17.6 Å². The fraction of sp³-hybridized carbons (Fsp3) is 0.429. The number of carboxylic acids is 1. The number of benzene rings is 2. The number of carbonyl (C=O) groups is 1. The number of hydrogen-bond donors (Lipinski definition) is 1. The number of aliphatic carboxylic acids is 1. The first kappa shape index (κ1) is 25.0. The number of ether oxygens (including phenoxy) is 3. The normalized spacial score (nSPS) is 14.5. The molecule has 0 fully saturated rings. The summed E-state index contributed by atoms with van der Waals surface area (Å²) in [4.78, 5) is 15.6. The predicted octanol–water partition coefficient (Wildman–Crippen LogP) is 6.51. The van der Waals surface area contributed by atoms with Crippen molar-refractivity contribution in [3.05, 3.63) is 58.5 Å². The lowest BCUT2D eigenvalue weighted by atomic mass is 9.98. The zero-order chi connectivity index (χ0) is 24.6. The molecular formula is C28H33NO5S. The number of aryl methyl sites for hydroxylation is 2. The Balaban J connectivity index is 1.28. The van der Waals surface area contributed by atoms with Crippen LogP contribution in [0.15, 0.2) is 41.8 Å². The SMILES string of the molecule is CCCc1cc(-c2nc(OCC)cs2)ccc1OCCCOc1ccc2c(c1)CC[C@H]2CC(=O)O. The van der Waals surface area contributed by atoms with E-state index in [-0.39, 0.29) is 12.3 Å². The van der Waals surface area contributed by atoms with E-state index >= 15 is 0 Å². The highest BCUT2D eigenvalue weighted by Gasteiger charge is 2.24. The number of fused-ring (bicyclic) bond motifs is 1. The van der Waals surface area contributed by atoms with Gasteiger partial charge in [0.1, 0.15) is 16.5 Å². The molecule has 1 aliphatic rings. The van der Waals surface area contributed by atoms with Gasteiger partial charge in [0.05, 0.1) is 31.6 Å². The molecule has 1 heterocycles. The van der Waals surface area contributed by atoms with Gasteiger partial charge < -0.3 is 19.3 Å². The Morgan fingerprint density at radius 2 is 1.97 bits per heavy atom. The highest BCUT2D eigenvalue weighted by Crippen LogP contribution is 2.37. The van der Waals surface area contributed by atoms with E-state index in [1.54, 1.807) is 11.3 Å². The summed E-state index contributed by atoms with van der Waals surface area (Å²) in [5, 5.41) is 12.0. The van der Waals surface area contributed by atoms with E-state index in [2.05, 4.69) is 30.1 Å². The molecule has 4 rings (SSSR count). The largest absolute Gasteiger partial charge is 0.493 e. The van der Waals surface area contributed by atoms with Gasteiger partial charge in [-0.2, -0.15) is 0 Å². The van der Waals surface area contributed by atoms with Gasteiger partial charge in [-0.15, -0.1) is 11.3 Å². The summed E-state index contributed by atoms with van der Waals surface area (Å²) in [6, 6.07) is 12.3. The quantitative estimate of drug-likeness (QED) is 0.272. The van der Waals surface area contributed by atoms with Crippen molar-refractivity contribution in [1.29, 1.82) is 0 Å². The lowest BCUT2D eigenvalue weighted by Gasteiger charge is -2.13. The van der Waals surface area contributed by atoms with Crippen molar-refractivity contribution in [3.63, 3.8) is 0 Å². The standard InChI is InChI=1S/C28H33NO5S/c1-3-6-21-15-22(28-29-26(18-35-28)32-4-2)9-12-25(21)34-14-5-13-33-23-10-11-24-19(16-23)7-8-20(24)17-27(30)31/h9-12,15-16,18,20H,3-8,13-14,17H2,1-2H3,(H,30,31)/t20-/m0/s1. The molecule has 6 nitrogen and oxygen atoms in total. The molecule has 186 valence electrons. The number of aromatic nitrogens is 1. The Morgan fingerprint density at radius 1 is 1.11 bits per heavy atom. The van der Waals surface area contributed by atoms with E-state index in [1.807, 2.05) is 30.5 Å². The highest BCUT2D eigenvalue weighted by atomic mass is 32.1. The van der Waals surface area contributed by atoms with Gasteiger partial charge >= 0.3 is 5.97 Å². The Kier molecular flexibility index (Phi) is 8.64. The van der Waals surface area contributed by atoms with Gasteiger partial charge in [-0.25, -0.2) is 4.98 Å². The molecule has 0 unspecified atom stereocenters. The van der Waals surface area contributed by atoms with E-state index < -0.39 is 5.97 Å². The summed E-state index contributed by atoms with van der Waals surface area (Å²) in [6.07, 6.45) is 4.77. The Morgan fingerprint density at radius 3 is 2.77 bits per heavy atom. The molecule has 0 aliphatic heterocycles. The van der Waals surface area contributed by atoms with Crippen molar-refractivity contribution in [3.8, 4) is 28.0 Å². The number of thiazole rings is 1. The molecule has 0 bridgehead atoms.